The lowest BCUT2D eigenvalue weighted by Crippen LogP contribution is -2.64. The van der Waals surface area contributed by atoms with Crippen molar-refractivity contribution in [2.75, 3.05) is 33.9 Å². The number of nitrogens with zero attached hydrogens (tertiary/aromatic N) is 2. The summed E-state index contributed by atoms with van der Waals surface area (Å²) in [6.07, 6.45) is -0.150. The number of aromatic amines is 1. The highest BCUT2D eigenvalue weighted by Gasteiger charge is 2.49. The van der Waals surface area contributed by atoms with Crippen LogP contribution in [0.25, 0.3) is 10.9 Å². The zero-order valence-corrected chi connectivity index (χ0v) is 19.6. The van der Waals surface area contributed by atoms with E-state index in [9.17, 15) is 9.59 Å². The maximum Gasteiger partial charge on any atom is 0.246 e. The number of nitrogens with one attached hydrogen (secondary N) is 1. The van der Waals surface area contributed by atoms with Crippen LogP contribution in [0.4, 0.5) is 0 Å². The van der Waals surface area contributed by atoms with Crippen molar-refractivity contribution in [1.82, 2.24) is 14.8 Å². The Balaban J connectivity index is 1.65. The second-order valence-electron chi connectivity index (χ2n) is 8.58. The van der Waals surface area contributed by atoms with Crippen LogP contribution in [0.1, 0.15) is 29.8 Å². The molecule has 0 aliphatic carbocycles. The van der Waals surface area contributed by atoms with Crippen LogP contribution >= 0.6 is 0 Å². The first-order valence-electron chi connectivity index (χ1n) is 11.5. The predicted octanol–water partition coefficient (Wildman–Crippen LogP) is 2.87. The topological polar surface area (TPSA) is 84.1 Å². The number of piperazine rings is 1. The number of amides is 2. The van der Waals surface area contributed by atoms with Gasteiger partial charge in [0, 0.05) is 42.8 Å². The lowest BCUT2D eigenvalue weighted by Gasteiger charge is -2.47. The van der Waals surface area contributed by atoms with Gasteiger partial charge in [0.2, 0.25) is 11.8 Å². The van der Waals surface area contributed by atoms with Gasteiger partial charge in [-0.2, -0.15) is 0 Å². The predicted molar refractivity (Wildman–Crippen MR) is 126 cm³/mol. The molecule has 0 radical (unpaired) electrons. The fourth-order valence-corrected chi connectivity index (χ4v) is 5.22. The molecule has 8 heteroatoms. The van der Waals surface area contributed by atoms with Crippen LogP contribution in [-0.4, -0.2) is 72.8 Å². The van der Waals surface area contributed by atoms with Crippen molar-refractivity contribution in [2.45, 2.75) is 31.7 Å². The smallest absolute Gasteiger partial charge is 0.246 e. The molecule has 5 rings (SSSR count). The molecule has 0 bridgehead atoms. The van der Waals surface area contributed by atoms with Crippen LogP contribution < -0.4 is 4.74 Å². The van der Waals surface area contributed by atoms with E-state index in [4.69, 9.17) is 14.2 Å². The van der Waals surface area contributed by atoms with E-state index in [-0.39, 0.29) is 24.9 Å². The summed E-state index contributed by atoms with van der Waals surface area (Å²) in [6, 6.07) is 14.7. The molecule has 1 aromatic heterocycles. The van der Waals surface area contributed by atoms with Gasteiger partial charge in [-0.1, -0.05) is 36.4 Å². The summed E-state index contributed by atoms with van der Waals surface area (Å²) in [7, 11) is 3.05. The third kappa shape index (κ3) is 3.63. The third-order valence-corrected chi connectivity index (χ3v) is 6.75. The Kier molecular flexibility index (Phi) is 6.02. The van der Waals surface area contributed by atoms with Gasteiger partial charge in [-0.05, 0) is 24.6 Å². The third-order valence-electron chi connectivity index (χ3n) is 6.75. The number of carbonyl (C=O) groups is 2. The number of H-pyrrole nitrogens is 1. The van der Waals surface area contributed by atoms with Crippen molar-refractivity contribution < 1.29 is 23.8 Å². The number of rotatable bonds is 7. The lowest BCUT2D eigenvalue weighted by atomic mass is 9.86. The first-order valence-corrected chi connectivity index (χ1v) is 11.5. The molecule has 0 spiro atoms. The molecule has 2 aliphatic rings. The molecular weight excluding hydrogens is 434 g/mol. The van der Waals surface area contributed by atoms with Gasteiger partial charge in [-0.25, -0.2) is 0 Å². The minimum Gasteiger partial charge on any atom is -0.494 e. The Morgan fingerprint density at radius 2 is 1.79 bits per heavy atom. The molecule has 1 N–H and O–H groups in total. The molecule has 0 unspecified atom stereocenters. The van der Waals surface area contributed by atoms with Crippen molar-refractivity contribution >= 4 is 22.7 Å². The van der Waals surface area contributed by atoms with Crippen LogP contribution in [0, 0.1) is 0 Å². The average molecular weight is 464 g/mol. The zero-order valence-electron chi connectivity index (χ0n) is 19.6. The first kappa shape index (κ1) is 22.4. The molecule has 8 nitrogen and oxygen atoms in total. The molecule has 2 aromatic carbocycles. The van der Waals surface area contributed by atoms with E-state index in [1.54, 1.807) is 9.80 Å². The monoisotopic (exact) mass is 463 g/mol. The fraction of sp³-hybridized carbons (Fsp3) is 0.385. The normalized spacial score (nSPS) is 20.1. The number of methoxy groups -OCH3 is 2. The van der Waals surface area contributed by atoms with Crippen molar-refractivity contribution in [3.63, 3.8) is 0 Å². The molecule has 0 saturated carbocycles. The summed E-state index contributed by atoms with van der Waals surface area (Å²) in [5.41, 5.74) is 3.85. The fourth-order valence-electron chi connectivity index (χ4n) is 5.22. The Hall–Kier alpha value is -3.36. The highest BCUT2D eigenvalue weighted by atomic mass is 16.7. The van der Waals surface area contributed by atoms with Crippen molar-refractivity contribution in [2.24, 2.45) is 0 Å². The quantitative estimate of drug-likeness (QED) is 0.545. The van der Waals surface area contributed by atoms with Gasteiger partial charge < -0.3 is 29.0 Å². The standard InChI is InChI=1S/C26H29N3O5/c1-4-34-21-12-8-6-10-17(21)25-24-18(16-9-5-7-11-19(16)27-24)13-20-26(31)28(14-22(30)29(20)25)15-23(32-2)33-3/h5-12,20,23,25,27H,4,13-15H2,1-3H3/t20-,25+/m0/s1. The van der Waals surface area contributed by atoms with Gasteiger partial charge in [0.15, 0.2) is 6.29 Å². The van der Waals surface area contributed by atoms with Crippen molar-refractivity contribution in [3.8, 4) is 5.75 Å². The summed E-state index contributed by atoms with van der Waals surface area (Å²) >= 11 is 0. The maximum absolute atomic E-state index is 13.7. The van der Waals surface area contributed by atoms with Gasteiger partial charge in [0.05, 0.1) is 13.2 Å². The Labute approximate surface area is 198 Å². The second-order valence-corrected chi connectivity index (χ2v) is 8.58. The van der Waals surface area contributed by atoms with E-state index in [2.05, 4.69) is 11.1 Å². The van der Waals surface area contributed by atoms with E-state index < -0.39 is 18.4 Å². The number of para-hydroxylation sites is 2. The molecule has 2 aliphatic heterocycles. The van der Waals surface area contributed by atoms with Crippen LogP contribution in [0.3, 0.4) is 0 Å². The van der Waals surface area contributed by atoms with E-state index in [0.717, 1.165) is 27.7 Å². The number of carbonyl (C=O) groups excluding carboxylic acids is 2. The molecule has 34 heavy (non-hydrogen) atoms. The van der Waals surface area contributed by atoms with Gasteiger partial charge >= 0.3 is 0 Å². The van der Waals surface area contributed by atoms with Gasteiger partial charge in [-0.15, -0.1) is 0 Å². The van der Waals surface area contributed by atoms with E-state index >= 15 is 0 Å². The minimum atomic E-state index is -0.623. The molecule has 2 atom stereocenters. The van der Waals surface area contributed by atoms with Gasteiger partial charge in [0.25, 0.3) is 0 Å². The van der Waals surface area contributed by atoms with Crippen molar-refractivity contribution in [3.05, 3.63) is 65.4 Å². The van der Waals surface area contributed by atoms with Crippen LogP contribution in [-0.2, 0) is 25.5 Å². The van der Waals surface area contributed by atoms with E-state index in [1.807, 2.05) is 49.4 Å². The Morgan fingerprint density at radius 1 is 1.06 bits per heavy atom. The van der Waals surface area contributed by atoms with Crippen LogP contribution in [0.15, 0.2) is 48.5 Å². The number of benzene rings is 2. The van der Waals surface area contributed by atoms with E-state index in [0.29, 0.717) is 18.8 Å². The summed E-state index contributed by atoms with van der Waals surface area (Å²) in [5.74, 6) is 0.492. The SMILES string of the molecule is CCOc1ccccc1[C@@H]1c2[nH]c3ccccc3c2C[C@H]2C(=O)N(CC(OC)OC)CC(=O)N12. The highest BCUT2D eigenvalue weighted by Crippen LogP contribution is 2.44. The van der Waals surface area contributed by atoms with Gasteiger partial charge in [0.1, 0.15) is 24.4 Å². The summed E-state index contributed by atoms with van der Waals surface area (Å²) in [6.45, 7) is 2.61. The molecule has 3 aromatic rings. The van der Waals surface area contributed by atoms with E-state index in [1.165, 1.54) is 14.2 Å². The lowest BCUT2D eigenvalue weighted by molar-refractivity contribution is -0.167. The number of fused-ring (bicyclic) bond motifs is 4. The van der Waals surface area contributed by atoms with Crippen molar-refractivity contribution in [1.29, 1.82) is 0 Å². The average Bonchev–Trinajstić information content (AvgIpc) is 3.23. The minimum absolute atomic E-state index is 0.0264. The molecule has 1 fully saturated rings. The first-order chi connectivity index (χ1) is 16.6. The Morgan fingerprint density at radius 3 is 2.56 bits per heavy atom. The molecule has 1 saturated heterocycles. The van der Waals surface area contributed by atoms with Gasteiger partial charge in [-0.3, -0.25) is 9.59 Å². The largest absolute Gasteiger partial charge is 0.494 e. The highest BCUT2D eigenvalue weighted by molar-refractivity contribution is 5.97. The maximum atomic E-state index is 13.7. The number of ether oxygens (including phenoxy) is 3. The number of aromatic nitrogens is 1. The molecule has 178 valence electrons. The summed E-state index contributed by atoms with van der Waals surface area (Å²) in [5, 5.41) is 1.07. The summed E-state index contributed by atoms with van der Waals surface area (Å²) < 4.78 is 16.5. The zero-order chi connectivity index (χ0) is 23.8. The molecular formula is C26H29N3O5. The molecule has 2 amide bonds. The summed E-state index contributed by atoms with van der Waals surface area (Å²) in [4.78, 5) is 34.2. The van der Waals surface area contributed by atoms with Crippen LogP contribution in [0.2, 0.25) is 0 Å². The second kappa shape index (κ2) is 9.12. The molecule has 3 heterocycles. The Bertz CT molecular complexity index is 1220. The number of hydrogen-bond acceptors (Lipinski definition) is 5. The van der Waals surface area contributed by atoms with Crippen LogP contribution in [0.5, 0.6) is 5.75 Å². The number of hydrogen-bond donors (Lipinski definition) is 1.